The number of hydrogen-bond acceptors (Lipinski definition) is 2. The first-order valence-corrected chi connectivity index (χ1v) is 7.83. The van der Waals surface area contributed by atoms with Gasteiger partial charge in [0.1, 0.15) is 12.0 Å². The number of aliphatic hydroxyl groups is 1. The summed E-state index contributed by atoms with van der Waals surface area (Å²) in [5.74, 6) is -0.587. The second-order valence-corrected chi connectivity index (χ2v) is 8.35. The normalized spacial score (nSPS) is 18.4. The molecule has 3 atom stereocenters. The Morgan fingerprint density at radius 3 is 2.25 bits per heavy atom. The molecular formula is C15H22F2O2S. The molecule has 1 N–H and O–H groups in total. The number of rotatable bonds is 5. The molecular weight excluding hydrogens is 282 g/mol. The van der Waals surface area contributed by atoms with E-state index in [9.17, 15) is 13.0 Å². The molecule has 20 heavy (non-hydrogen) atoms. The van der Waals surface area contributed by atoms with Crippen LogP contribution in [0.15, 0.2) is 24.3 Å². The molecule has 0 saturated carbocycles. The molecule has 0 radical (unpaired) electrons. The number of benzene rings is 1. The van der Waals surface area contributed by atoms with Gasteiger partial charge in [-0.3, -0.25) is 4.21 Å². The van der Waals surface area contributed by atoms with E-state index in [0.29, 0.717) is 0 Å². The van der Waals surface area contributed by atoms with Gasteiger partial charge in [0.15, 0.2) is 0 Å². The monoisotopic (exact) mass is 304 g/mol. The van der Waals surface area contributed by atoms with Crippen molar-refractivity contribution in [2.45, 2.75) is 44.0 Å². The fourth-order valence-electron chi connectivity index (χ4n) is 1.95. The van der Waals surface area contributed by atoms with E-state index >= 15 is 0 Å². The van der Waals surface area contributed by atoms with Gasteiger partial charge in [-0.05, 0) is 32.4 Å². The van der Waals surface area contributed by atoms with Gasteiger partial charge in [-0.2, -0.15) is 0 Å². The Bertz CT molecular complexity index is 485. The first-order valence-electron chi connectivity index (χ1n) is 6.51. The molecule has 0 fully saturated rings. The van der Waals surface area contributed by atoms with E-state index in [2.05, 4.69) is 0 Å². The van der Waals surface area contributed by atoms with Crippen molar-refractivity contribution >= 4 is 10.8 Å². The molecule has 114 valence electrons. The largest absolute Gasteiger partial charge is 0.393 e. The number of alkyl halides is 1. The summed E-state index contributed by atoms with van der Waals surface area (Å²) >= 11 is 0. The fourth-order valence-corrected chi connectivity index (χ4v) is 3.27. The molecule has 0 heterocycles. The summed E-state index contributed by atoms with van der Waals surface area (Å²) in [6.45, 7) is 6.15. The van der Waals surface area contributed by atoms with Gasteiger partial charge in [-0.15, -0.1) is 0 Å². The van der Waals surface area contributed by atoms with Crippen molar-refractivity contribution in [1.29, 1.82) is 0 Å². The summed E-state index contributed by atoms with van der Waals surface area (Å²) in [7, 11) is -1.36. The van der Waals surface area contributed by atoms with E-state index < -0.39 is 39.6 Å². The van der Waals surface area contributed by atoms with Gasteiger partial charge in [-0.1, -0.05) is 25.1 Å². The Labute approximate surface area is 121 Å². The highest BCUT2D eigenvalue weighted by atomic mass is 32.2. The van der Waals surface area contributed by atoms with E-state index in [1.54, 1.807) is 26.8 Å². The number of hydrogen-bond donors (Lipinski definition) is 1. The third-order valence-corrected chi connectivity index (χ3v) is 5.68. The molecule has 1 rings (SSSR count). The van der Waals surface area contributed by atoms with Gasteiger partial charge in [0, 0.05) is 26.7 Å². The van der Waals surface area contributed by atoms with Crippen molar-refractivity contribution < 1.29 is 18.1 Å². The molecule has 1 aromatic rings. The lowest BCUT2D eigenvalue weighted by atomic mass is 9.80. The first kappa shape index (κ1) is 17.2. The van der Waals surface area contributed by atoms with E-state index in [-0.39, 0.29) is 11.3 Å². The average Bonchev–Trinajstić information content (AvgIpc) is 2.36. The molecule has 0 saturated heterocycles. The molecule has 0 unspecified atom stereocenters. The Kier molecular flexibility index (Phi) is 5.44. The molecule has 5 heteroatoms. The summed E-state index contributed by atoms with van der Waals surface area (Å²) in [5, 5.41) is 9.14. The maximum Gasteiger partial charge on any atom is 0.133 e. The molecule has 0 aliphatic heterocycles. The average molecular weight is 304 g/mol. The minimum absolute atomic E-state index is 0.0425. The Hall–Kier alpha value is -0.810. The van der Waals surface area contributed by atoms with Crippen LogP contribution in [-0.2, 0) is 16.2 Å². The lowest BCUT2D eigenvalue weighted by Gasteiger charge is -2.34. The highest BCUT2D eigenvalue weighted by Gasteiger charge is 2.41. The van der Waals surface area contributed by atoms with Gasteiger partial charge in [0.2, 0.25) is 0 Å². The zero-order valence-corrected chi connectivity index (χ0v) is 13.1. The van der Waals surface area contributed by atoms with Crippen LogP contribution in [-0.4, -0.2) is 32.6 Å². The van der Waals surface area contributed by atoms with Crippen molar-refractivity contribution in [3.05, 3.63) is 35.6 Å². The Balaban J connectivity index is 3.25. The van der Waals surface area contributed by atoms with Crippen LogP contribution >= 0.6 is 0 Å². The smallest absolute Gasteiger partial charge is 0.133 e. The maximum absolute atomic E-state index is 14.2. The molecule has 0 spiro atoms. The predicted molar refractivity (Wildman–Crippen MR) is 78.5 cm³/mol. The lowest BCUT2D eigenvalue weighted by Crippen LogP contribution is -2.44. The van der Waals surface area contributed by atoms with Crippen LogP contribution in [0, 0.1) is 5.82 Å². The van der Waals surface area contributed by atoms with Crippen molar-refractivity contribution in [3.63, 3.8) is 0 Å². The first-order chi connectivity index (χ1) is 9.13. The second kappa shape index (κ2) is 6.31. The summed E-state index contributed by atoms with van der Waals surface area (Å²) in [5.41, 5.74) is -1.17. The Morgan fingerprint density at radius 1 is 1.25 bits per heavy atom. The lowest BCUT2D eigenvalue weighted by molar-refractivity contribution is 0.119. The van der Waals surface area contributed by atoms with E-state index in [0.717, 1.165) is 0 Å². The van der Waals surface area contributed by atoms with Crippen LogP contribution in [0.3, 0.4) is 0 Å². The molecule has 2 nitrogen and oxygen atoms in total. The van der Waals surface area contributed by atoms with Crippen LogP contribution < -0.4 is 0 Å². The highest BCUT2D eigenvalue weighted by Crippen LogP contribution is 2.34. The van der Waals surface area contributed by atoms with Crippen molar-refractivity contribution in [3.8, 4) is 0 Å². The summed E-state index contributed by atoms with van der Waals surface area (Å²) < 4.78 is 40.0. The van der Waals surface area contributed by atoms with Gasteiger partial charge >= 0.3 is 0 Å². The second-order valence-electron chi connectivity index (χ2n) is 6.15. The maximum atomic E-state index is 14.2. The molecule has 0 aliphatic rings. The summed E-state index contributed by atoms with van der Waals surface area (Å²) in [6, 6.07) is 5.86. The topological polar surface area (TPSA) is 37.3 Å². The van der Waals surface area contributed by atoms with Gasteiger partial charge in [0.25, 0.3) is 0 Å². The molecule has 0 aromatic heterocycles. The molecule has 0 aliphatic carbocycles. The minimum atomic E-state index is -1.68. The summed E-state index contributed by atoms with van der Waals surface area (Å²) in [4.78, 5) is 0. The van der Waals surface area contributed by atoms with Gasteiger partial charge < -0.3 is 5.11 Å². The summed E-state index contributed by atoms with van der Waals surface area (Å²) in [6.07, 6.45) is -1.68. The van der Waals surface area contributed by atoms with Crippen LogP contribution in [0.1, 0.15) is 33.3 Å². The van der Waals surface area contributed by atoms with Crippen LogP contribution in [0.25, 0.3) is 0 Å². The van der Waals surface area contributed by atoms with E-state index in [1.165, 1.54) is 25.1 Å². The van der Waals surface area contributed by atoms with E-state index in [1.807, 2.05) is 0 Å². The SMILES string of the molecule is CC(C)(C)[S@@](=O)C[C@](C)(c1ccccc1F)[C@H](F)CO. The van der Waals surface area contributed by atoms with Crippen LogP contribution in [0.5, 0.6) is 0 Å². The molecule has 0 amide bonds. The Morgan fingerprint density at radius 2 is 1.80 bits per heavy atom. The third-order valence-electron chi connectivity index (χ3n) is 3.45. The minimum Gasteiger partial charge on any atom is -0.393 e. The zero-order chi connectivity index (χ0) is 15.6. The molecule has 0 bridgehead atoms. The van der Waals surface area contributed by atoms with Crippen molar-refractivity contribution in [2.75, 3.05) is 12.4 Å². The quantitative estimate of drug-likeness (QED) is 0.908. The number of aliphatic hydroxyl groups excluding tert-OH is 1. The number of halogens is 2. The van der Waals surface area contributed by atoms with E-state index in [4.69, 9.17) is 5.11 Å². The zero-order valence-electron chi connectivity index (χ0n) is 12.3. The van der Waals surface area contributed by atoms with Gasteiger partial charge in [-0.25, -0.2) is 8.78 Å². The van der Waals surface area contributed by atoms with Crippen molar-refractivity contribution in [2.24, 2.45) is 0 Å². The third kappa shape index (κ3) is 3.64. The standard InChI is InChI=1S/C15H22F2O2S/c1-14(2,3)20(19)10-15(4,13(17)9-18)11-7-5-6-8-12(11)16/h5-8,13,18H,9-10H2,1-4H3/t13-,15-,20+/m1/s1. The highest BCUT2D eigenvalue weighted by molar-refractivity contribution is 7.86. The van der Waals surface area contributed by atoms with Gasteiger partial charge in [0.05, 0.1) is 6.61 Å². The van der Waals surface area contributed by atoms with Crippen LogP contribution in [0.2, 0.25) is 0 Å². The predicted octanol–water partition coefficient (Wildman–Crippen LogP) is 2.96. The molecule has 1 aromatic carbocycles. The fraction of sp³-hybridized carbons (Fsp3) is 0.600. The van der Waals surface area contributed by atoms with Crippen molar-refractivity contribution in [1.82, 2.24) is 0 Å². The van der Waals surface area contributed by atoms with Crippen LogP contribution in [0.4, 0.5) is 8.78 Å².